The number of hydrazine groups is 1. The molecule has 1 amide bonds. The van der Waals surface area contributed by atoms with Gasteiger partial charge in [-0.1, -0.05) is 6.08 Å². The summed E-state index contributed by atoms with van der Waals surface area (Å²) in [6.07, 6.45) is 14.0. The van der Waals surface area contributed by atoms with Crippen molar-refractivity contribution >= 4 is 17.6 Å². The van der Waals surface area contributed by atoms with Crippen molar-refractivity contribution in [3.8, 4) is 0 Å². The van der Waals surface area contributed by atoms with E-state index in [4.69, 9.17) is 10.9 Å². The normalized spacial score (nSPS) is 36.2. The molecule has 0 aromatic carbocycles. The van der Waals surface area contributed by atoms with Crippen LogP contribution in [-0.2, 0) is 9.59 Å². The van der Waals surface area contributed by atoms with Crippen LogP contribution in [0, 0.1) is 23.2 Å². The minimum atomic E-state index is -0.651. The Hall–Kier alpha value is -1.69. The minimum Gasteiger partial charge on any atom is -0.481 e. The van der Waals surface area contributed by atoms with Crippen molar-refractivity contribution in [3.63, 3.8) is 0 Å². The molecule has 1 atom stereocenters. The number of nitrogens with two attached hydrogens (primary N) is 1. The Morgan fingerprint density at radius 2 is 2.00 bits per heavy atom. The second-order valence-corrected chi connectivity index (χ2v) is 8.15. The Labute approximate surface area is 148 Å². The fraction of sp³-hybridized carbons (Fsp3) is 0.737. The third kappa shape index (κ3) is 4.48. The molecule has 6 heteroatoms. The molecule has 25 heavy (non-hydrogen) atoms. The highest BCUT2D eigenvalue weighted by Crippen LogP contribution is 2.57. The van der Waals surface area contributed by atoms with E-state index in [1.165, 1.54) is 25.7 Å². The maximum atomic E-state index is 11.1. The van der Waals surface area contributed by atoms with Crippen molar-refractivity contribution in [2.45, 2.75) is 57.8 Å². The van der Waals surface area contributed by atoms with Crippen LogP contribution in [0.15, 0.2) is 17.1 Å². The van der Waals surface area contributed by atoms with E-state index in [2.05, 4.69) is 22.6 Å². The van der Waals surface area contributed by atoms with E-state index in [0.717, 1.165) is 37.3 Å². The fourth-order valence-electron chi connectivity index (χ4n) is 5.12. The average molecular weight is 347 g/mol. The summed E-state index contributed by atoms with van der Waals surface area (Å²) < 4.78 is 0. The van der Waals surface area contributed by atoms with Crippen LogP contribution >= 0.6 is 0 Å². The van der Waals surface area contributed by atoms with Crippen molar-refractivity contribution in [2.75, 3.05) is 6.54 Å². The van der Waals surface area contributed by atoms with Gasteiger partial charge in [-0.25, -0.2) is 5.84 Å². The number of hydrogen-bond acceptors (Lipinski definition) is 4. The van der Waals surface area contributed by atoms with Crippen LogP contribution in [0.1, 0.15) is 57.8 Å². The summed E-state index contributed by atoms with van der Waals surface area (Å²) in [5, 5.41) is 8.91. The van der Waals surface area contributed by atoms with E-state index in [-0.39, 0.29) is 12.5 Å². The van der Waals surface area contributed by atoms with Crippen LogP contribution in [-0.4, -0.2) is 29.2 Å². The molecule has 3 aliphatic rings. The van der Waals surface area contributed by atoms with Crippen LogP contribution in [0.25, 0.3) is 0 Å². The second kappa shape index (κ2) is 7.68. The zero-order valence-corrected chi connectivity index (χ0v) is 14.7. The summed E-state index contributed by atoms with van der Waals surface area (Å²) in [6.45, 7) is 0.101. The zero-order valence-electron chi connectivity index (χ0n) is 14.7. The first-order valence-corrected chi connectivity index (χ1v) is 9.42. The molecule has 0 aliphatic heterocycles. The third-order valence-electron chi connectivity index (χ3n) is 6.46. The monoisotopic (exact) mass is 347 g/mol. The molecule has 0 saturated heterocycles. The van der Waals surface area contributed by atoms with Crippen molar-refractivity contribution in [1.82, 2.24) is 5.43 Å². The molecular formula is C19H29N3O3. The first-order chi connectivity index (χ1) is 12.0. The van der Waals surface area contributed by atoms with Gasteiger partial charge in [0, 0.05) is 12.1 Å². The van der Waals surface area contributed by atoms with E-state index in [9.17, 15) is 9.59 Å². The molecule has 1 unspecified atom stereocenters. The lowest BCUT2D eigenvalue weighted by Gasteiger charge is -2.52. The summed E-state index contributed by atoms with van der Waals surface area (Å²) in [5.74, 6) is 5.92. The summed E-state index contributed by atoms with van der Waals surface area (Å²) in [5.41, 5.74) is 3.54. The van der Waals surface area contributed by atoms with E-state index in [1.807, 2.05) is 0 Å². The van der Waals surface area contributed by atoms with E-state index < -0.39 is 5.97 Å². The van der Waals surface area contributed by atoms with Gasteiger partial charge in [0.1, 0.15) is 6.54 Å². The summed E-state index contributed by atoms with van der Waals surface area (Å²) in [4.78, 5) is 26.3. The van der Waals surface area contributed by atoms with Crippen LogP contribution < -0.4 is 11.3 Å². The first kappa shape index (κ1) is 18.1. The van der Waals surface area contributed by atoms with E-state index >= 15 is 0 Å². The minimum absolute atomic E-state index is 0.101. The van der Waals surface area contributed by atoms with Crippen molar-refractivity contribution in [2.24, 2.45) is 34.0 Å². The predicted octanol–water partition coefficient (Wildman–Crippen LogP) is 2.44. The molecule has 6 nitrogen and oxygen atoms in total. The van der Waals surface area contributed by atoms with Crippen molar-refractivity contribution < 1.29 is 14.7 Å². The maximum Gasteiger partial charge on any atom is 0.303 e. The van der Waals surface area contributed by atoms with Gasteiger partial charge in [0.05, 0.1) is 0 Å². The molecule has 0 aromatic rings. The van der Waals surface area contributed by atoms with E-state index in [0.29, 0.717) is 23.7 Å². The average Bonchev–Trinajstić information content (AvgIpc) is 2.59. The van der Waals surface area contributed by atoms with E-state index in [1.54, 1.807) is 0 Å². The van der Waals surface area contributed by atoms with Gasteiger partial charge in [0.25, 0.3) is 5.91 Å². The Morgan fingerprint density at radius 1 is 1.28 bits per heavy atom. The molecule has 2 saturated carbocycles. The number of carboxylic acid groups (broad SMARTS) is 1. The standard InChI is InChI=1S/C19H29N3O3/c20-22-17(23)12-21-16-3-1-14(2-4-16)15-5-7-19(8-6-15)10-13(11-19)9-18(24)25/h1,3,13-15H,2,4-12,20H2,(H,22,23)(H,24,25). The van der Waals surface area contributed by atoms with Gasteiger partial charge in [0.2, 0.25) is 0 Å². The molecule has 0 heterocycles. The van der Waals surface area contributed by atoms with Gasteiger partial charge in [0.15, 0.2) is 0 Å². The number of aliphatic carboxylic acids is 1. The number of hydrogen-bond donors (Lipinski definition) is 3. The molecule has 3 rings (SSSR count). The Kier molecular flexibility index (Phi) is 5.57. The molecule has 1 spiro atoms. The molecular weight excluding hydrogens is 318 g/mol. The lowest BCUT2D eigenvalue weighted by Crippen LogP contribution is -2.42. The van der Waals surface area contributed by atoms with Crippen molar-refractivity contribution in [3.05, 3.63) is 12.2 Å². The highest BCUT2D eigenvalue weighted by Gasteiger charge is 2.46. The quantitative estimate of drug-likeness (QED) is 0.403. The molecule has 138 valence electrons. The number of nitrogens with one attached hydrogen (secondary N) is 1. The molecule has 4 N–H and O–H groups in total. The molecule has 0 bridgehead atoms. The fourth-order valence-corrected chi connectivity index (χ4v) is 5.12. The first-order valence-electron chi connectivity index (χ1n) is 9.42. The summed E-state index contributed by atoms with van der Waals surface area (Å²) in [6, 6.07) is 0. The Morgan fingerprint density at radius 3 is 2.56 bits per heavy atom. The van der Waals surface area contributed by atoms with Gasteiger partial charge in [-0.2, -0.15) is 0 Å². The maximum absolute atomic E-state index is 11.1. The molecule has 3 aliphatic carbocycles. The molecule has 0 radical (unpaired) electrons. The molecule has 0 aromatic heterocycles. The van der Waals surface area contributed by atoms with Gasteiger partial charge >= 0.3 is 5.97 Å². The lowest BCUT2D eigenvalue weighted by molar-refractivity contribution is -0.140. The number of carboxylic acids is 1. The summed E-state index contributed by atoms with van der Waals surface area (Å²) >= 11 is 0. The summed E-state index contributed by atoms with van der Waals surface area (Å²) in [7, 11) is 0. The third-order valence-corrected chi connectivity index (χ3v) is 6.46. The number of carbonyl (C=O) groups is 2. The van der Waals surface area contributed by atoms with Crippen LogP contribution in [0.5, 0.6) is 0 Å². The number of nitrogens with zero attached hydrogens (tertiary/aromatic N) is 1. The van der Waals surface area contributed by atoms with Crippen LogP contribution in [0.2, 0.25) is 0 Å². The van der Waals surface area contributed by atoms with Crippen molar-refractivity contribution in [1.29, 1.82) is 0 Å². The van der Waals surface area contributed by atoms with Crippen LogP contribution in [0.4, 0.5) is 0 Å². The second-order valence-electron chi connectivity index (χ2n) is 8.15. The largest absolute Gasteiger partial charge is 0.481 e. The zero-order chi connectivity index (χ0) is 17.9. The highest BCUT2D eigenvalue weighted by molar-refractivity contribution is 5.97. The predicted molar refractivity (Wildman–Crippen MR) is 95.9 cm³/mol. The Bertz CT molecular complexity index is 568. The lowest BCUT2D eigenvalue weighted by atomic mass is 9.53. The van der Waals surface area contributed by atoms with Gasteiger partial charge in [-0.3, -0.25) is 20.0 Å². The van der Waals surface area contributed by atoms with Gasteiger partial charge in [-0.05, 0) is 80.6 Å². The Balaban J connectivity index is 1.44. The number of carbonyl (C=O) groups excluding carboxylic acids is 1. The van der Waals surface area contributed by atoms with Crippen LogP contribution in [0.3, 0.4) is 0 Å². The highest BCUT2D eigenvalue weighted by atomic mass is 16.4. The number of rotatable bonds is 5. The smallest absolute Gasteiger partial charge is 0.303 e. The van der Waals surface area contributed by atoms with Gasteiger partial charge < -0.3 is 5.11 Å². The topological polar surface area (TPSA) is 105 Å². The SMILES string of the molecule is NNC(=O)CN=C1C=CC(C2CCC3(CC2)CC(CC(=O)O)C3)CC1. The molecule has 2 fully saturated rings. The number of aliphatic imine (C=N–C) groups is 1. The number of amides is 1. The van der Waals surface area contributed by atoms with Gasteiger partial charge in [-0.15, -0.1) is 0 Å². The number of allylic oxidation sites excluding steroid dienone is 2.